The van der Waals surface area contributed by atoms with Crippen molar-refractivity contribution in [1.82, 2.24) is 0 Å². The van der Waals surface area contributed by atoms with Crippen LogP contribution < -0.4 is 14.8 Å². The number of aryl methyl sites for hydroxylation is 1. The maximum absolute atomic E-state index is 12.5. The molecule has 2 aromatic carbocycles. The highest BCUT2D eigenvalue weighted by molar-refractivity contribution is 6.32. The molecule has 0 saturated carbocycles. The van der Waals surface area contributed by atoms with Gasteiger partial charge >= 0.3 is 0 Å². The third kappa shape index (κ3) is 5.54. The summed E-state index contributed by atoms with van der Waals surface area (Å²) in [4.78, 5) is 12.5. The Bertz CT molecular complexity index is 984. The lowest BCUT2D eigenvalue weighted by atomic mass is 10.1. The second kappa shape index (κ2) is 10.1. The van der Waals surface area contributed by atoms with E-state index in [4.69, 9.17) is 27.5 Å². The minimum atomic E-state index is -0.519. The summed E-state index contributed by atoms with van der Waals surface area (Å²) in [6.07, 6.45) is 6.66. The van der Waals surface area contributed by atoms with E-state index < -0.39 is 5.91 Å². The van der Waals surface area contributed by atoms with E-state index in [1.807, 2.05) is 38.1 Å². The van der Waals surface area contributed by atoms with E-state index in [9.17, 15) is 10.1 Å². The van der Waals surface area contributed by atoms with Gasteiger partial charge in [-0.2, -0.15) is 5.26 Å². The number of rotatable bonds is 7. The van der Waals surface area contributed by atoms with E-state index in [0.717, 1.165) is 5.56 Å². The highest BCUT2D eigenvalue weighted by Crippen LogP contribution is 2.37. The van der Waals surface area contributed by atoms with Crippen LogP contribution in [0.2, 0.25) is 5.02 Å². The summed E-state index contributed by atoms with van der Waals surface area (Å²) >= 11 is 6.27. The van der Waals surface area contributed by atoms with Crippen LogP contribution >= 0.6 is 11.6 Å². The normalized spacial score (nSPS) is 10.5. The van der Waals surface area contributed by atoms with E-state index in [1.54, 1.807) is 18.2 Å². The molecule has 5 nitrogen and oxygen atoms in total. The molecular formula is C22H19ClN2O3. The van der Waals surface area contributed by atoms with Crippen molar-refractivity contribution < 1.29 is 14.3 Å². The van der Waals surface area contributed by atoms with Crippen molar-refractivity contribution in [2.75, 3.05) is 18.5 Å². The van der Waals surface area contributed by atoms with Gasteiger partial charge in [0.25, 0.3) is 5.91 Å². The molecule has 0 atom stereocenters. The van der Waals surface area contributed by atoms with E-state index in [2.05, 4.69) is 11.2 Å². The third-order valence-electron chi connectivity index (χ3n) is 3.58. The van der Waals surface area contributed by atoms with Gasteiger partial charge in [0.1, 0.15) is 18.2 Å². The Balaban J connectivity index is 2.33. The lowest BCUT2D eigenvalue weighted by molar-refractivity contribution is -0.112. The van der Waals surface area contributed by atoms with Crippen molar-refractivity contribution >= 4 is 29.3 Å². The van der Waals surface area contributed by atoms with Crippen LogP contribution in [0.4, 0.5) is 5.69 Å². The Morgan fingerprint density at radius 3 is 2.75 bits per heavy atom. The predicted octanol–water partition coefficient (Wildman–Crippen LogP) is 4.60. The van der Waals surface area contributed by atoms with Crippen LogP contribution in [-0.2, 0) is 4.79 Å². The van der Waals surface area contributed by atoms with Crippen LogP contribution in [0.15, 0.2) is 42.0 Å². The van der Waals surface area contributed by atoms with Gasteiger partial charge in [0.2, 0.25) is 0 Å². The van der Waals surface area contributed by atoms with Crippen LogP contribution in [0.3, 0.4) is 0 Å². The van der Waals surface area contributed by atoms with Gasteiger partial charge in [0, 0.05) is 5.69 Å². The van der Waals surface area contributed by atoms with Crippen LogP contribution in [0.1, 0.15) is 18.1 Å². The molecule has 6 heteroatoms. The predicted molar refractivity (Wildman–Crippen MR) is 110 cm³/mol. The number of carbonyl (C=O) groups excluding carboxylic acids is 1. The van der Waals surface area contributed by atoms with Gasteiger partial charge in [0.05, 0.1) is 11.6 Å². The second-order valence-electron chi connectivity index (χ2n) is 5.75. The average molecular weight is 395 g/mol. The van der Waals surface area contributed by atoms with E-state index >= 15 is 0 Å². The number of anilines is 1. The number of benzene rings is 2. The topological polar surface area (TPSA) is 71.3 Å². The van der Waals surface area contributed by atoms with Crippen molar-refractivity contribution in [3.05, 3.63) is 58.1 Å². The largest absolute Gasteiger partial charge is 0.490 e. The van der Waals surface area contributed by atoms with E-state index in [1.165, 1.54) is 6.08 Å². The van der Waals surface area contributed by atoms with Gasteiger partial charge in [0.15, 0.2) is 11.5 Å². The molecule has 0 bridgehead atoms. The molecule has 1 amide bonds. The summed E-state index contributed by atoms with van der Waals surface area (Å²) in [5, 5.41) is 12.4. The number of nitrogens with one attached hydrogen (secondary N) is 1. The van der Waals surface area contributed by atoms with Gasteiger partial charge in [-0.25, -0.2) is 0 Å². The molecule has 0 aliphatic heterocycles. The first-order valence-electron chi connectivity index (χ1n) is 8.51. The summed E-state index contributed by atoms with van der Waals surface area (Å²) in [5.41, 5.74) is 2.06. The minimum absolute atomic E-state index is 0.0390. The smallest absolute Gasteiger partial charge is 0.266 e. The summed E-state index contributed by atoms with van der Waals surface area (Å²) < 4.78 is 11.0. The van der Waals surface area contributed by atoms with Crippen molar-refractivity contribution in [2.45, 2.75) is 13.8 Å². The molecule has 142 valence electrons. The molecule has 0 aromatic heterocycles. The highest BCUT2D eigenvalue weighted by atomic mass is 35.5. The molecule has 1 N–H and O–H groups in total. The Labute approximate surface area is 169 Å². The maximum atomic E-state index is 12.5. The van der Waals surface area contributed by atoms with Crippen LogP contribution in [0.25, 0.3) is 6.08 Å². The number of carbonyl (C=O) groups is 1. The lowest BCUT2D eigenvalue weighted by Crippen LogP contribution is -2.13. The molecule has 0 aliphatic carbocycles. The second-order valence-corrected chi connectivity index (χ2v) is 6.16. The van der Waals surface area contributed by atoms with E-state index in [-0.39, 0.29) is 17.2 Å². The Morgan fingerprint density at radius 2 is 2.11 bits per heavy atom. The molecular weight excluding hydrogens is 376 g/mol. The maximum Gasteiger partial charge on any atom is 0.266 e. The van der Waals surface area contributed by atoms with Gasteiger partial charge in [-0.3, -0.25) is 4.79 Å². The monoisotopic (exact) mass is 394 g/mol. The number of terminal acetylenes is 1. The fraction of sp³-hybridized carbons (Fsp3) is 0.182. The number of hydrogen-bond acceptors (Lipinski definition) is 4. The zero-order valence-electron chi connectivity index (χ0n) is 15.6. The fourth-order valence-corrected chi connectivity index (χ4v) is 2.70. The fourth-order valence-electron chi connectivity index (χ4n) is 2.42. The van der Waals surface area contributed by atoms with E-state index in [0.29, 0.717) is 29.4 Å². The van der Waals surface area contributed by atoms with Crippen molar-refractivity contribution in [1.29, 1.82) is 5.26 Å². The van der Waals surface area contributed by atoms with Gasteiger partial charge < -0.3 is 14.8 Å². The molecule has 0 spiro atoms. The molecule has 0 fully saturated rings. The summed E-state index contributed by atoms with van der Waals surface area (Å²) in [6.45, 7) is 4.15. The standard InChI is InChI=1S/C22H19ClN2O3/c1-4-9-28-21-19(23)12-16(13-20(21)27-5-2)11-17(14-24)22(26)25-18-8-6-7-15(3)10-18/h1,6-8,10-13H,5,9H2,2-3H3,(H,25,26)/b17-11+. The summed E-state index contributed by atoms with van der Waals surface area (Å²) in [6, 6.07) is 12.4. The Kier molecular flexibility index (Phi) is 7.51. The Hall–Kier alpha value is -3.41. The number of hydrogen-bond donors (Lipinski definition) is 1. The average Bonchev–Trinajstić information content (AvgIpc) is 2.65. The molecule has 0 heterocycles. The van der Waals surface area contributed by atoms with Crippen molar-refractivity contribution in [2.24, 2.45) is 0 Å². The SMILES string of the molecule is C#CCOc1c(Cl)cc(/C=C(\C#N)C(=O)Nc2cccc(C)c2)cc1OCC. The zero-order valence-corrected chi connectivity index (χ0v) is 16.3. The number of nitrogens with zero attached hydrogens (tertiary/aromatic N) is 1. The molecule has 0 aliphatic rings. The molecule has 0 saturated heterocycles. The first-order valence-corrected chi connectivity index (χ1v) is 8.88. The number of ether oxygens (including phenoxy) is 2. The molecule has 0 unspecified atom stereocenters. The Morgan fingerprint density at radius 1 is 1.32 bits per heavy atom. The number of amides is 1. The first kappa shape index (κ1) is 20.9. The van der Waals surface area contributed by atoms with Gasteiger partial charge in [-0.05, 0) is 55.3 Å². The van der Waals surface area contributed by atoms with Crippen molar-refractivity contribution in [3.63, 3.8) is 0 Å². The summed E-state index contributed by atoms with van der Waals surface area (Å²) in [7, 11) is 0. The third-order valence-corrected chi connectivity index (χ3v) is 3.86. The quantitative estimate of drug-likeness (QED) is 0.423. The van der Waals surface area contributed by atoms with Crippen LogP contribution in [-0.4, -0.2) is 19.1 Å². The first-order chi connectivity index (χ1) is 13.5. The molecule has 28 heavy (non-hydrogen) atoms. The van der Waals surface area contributed by atoms with Crippen LogP contribution in [0, 0.1) is 30.6 Å². The summed E-state index contributed by atoms with van der Waals surface area (Å²) in [5.74, 6) is 2.55. The number of nitriles is 1. The number of halogens is 1. The lowest BCUT2D eigenvalue weighted by Gasteiger charge is -2.13. The van der Waals surface area contributed by atoms with Gasteiger partial charge in [-0.1, -0.05) is 29.7 Å². The molecule has 0 radical (unpaired) electrons. The zero-order chi connectivity index (χ0) is 20.5. The minimum Gasteiger partial charge on any atom is -0.490 e. The highest BCUT2D eigenvalue weighted by Gasteiger charge is 2.14. The molecule has 2 rings (SSSR count). The van der Waals surface area contributed by atoms with Gasteiger partial charge in [-0.15, -0.1) is 6.42 Å². The van der Waals surface area contributed by atoms with Crippen molar-refractivity contribution in [3.8, 4) is 29.9 Å². The van der Waals surface area contributed by atoms with Crippen LogP contribution in [0.5, 0.6) is 11.5 Å². The molecule has 2 aromatic rings.